The zero-order valence-corrected chi connectivity index (χ0v) is 11.0. The maximum atomic E-state index is 11.7. The lowest BCUT2D eigenvalue weighted by molar-refractivity contribution is 0.194. The Kier molecular flexibility index (Phi) is 3.96. The van der Waals surface area contributed by atoms with Crippen LogP contribution in [-0.4, -0.2) is 36.7 Å². The average Bonchev–Trinajstić information content (AvgIpc) is 2.68. The van der Waals surface area contributed by atoms with E-state index in [2.05, 4.69) is 0 Å². The molecule has 3 atom stereocenters. The molecule has 0 radical (unpaired) electrons. The van der Waals surface area contributed by atoms with Crippen LogP contribution in [0.25, 0.3) is 0 Å². The number of hydrogen-bond acceptors (Lipinski definition) is 4. The first-order valence-corrected chi connectivity index (χ1v) is 7.96. The second-order valence-electron chi connectivity index (χ2n) is 3.76. The van der Waals surface area contributed by atoms with Crippen LogP contribution in [0.5, 0.6) is 5.75 Å². The third kappa shape index (κ3) is 2.59. The van der Waals surface area contributed by atoms with Gasteiger partial charge in [0.25, 0.3) is 0 Å². The molecule has 0 aliphatic carbocycles. The highest BCUT2D eigenvalue weighted by Crippen LogP contribution is 2.28. The van der Waals surface area contributed by atoms with Gasteiger partial charge in [0, 0.05) is 33.1 Å². The van der Waals surface area contributed by atoms with Gasteiger partial charge in [0.05, 0.1) is 7.11 Å². The van der Waals surface area contributed by atoms with Crippen molar-refractivity contribution in [3.05, 3.63) is 29.8 Å². The number of hydrogen-bond donors (Lipinski definition) is 1. The first kappa shape index (κ1) is 12.7. The second-order valence-corrected chi connectivity index (χ2v) is 7.41. The van der Waals surface area contributed by atoms with Crippen molar-refractivity contribution in [2.75, 3.05) is 18.6 Å². The molecule has 1 aromatic carbocycles. The van der Waals surface area contributed by atoms with Crippen LogP contribution in [0.4, 0.5) is 0 Å². The highest BCUT2D eigenvalue weighted by Gasteiger charge is 2.37. The Morgan fingerprint density at radius 1 is 1.24 bits per heavy atom. The number of ether oxygens (including phenoxy) is 1. The normalized spacial score (nSPS) is 26.9. The van der Waals surface area contributed by atoms with Crippen LogP contribution >= 0.6 is 0 Å². The molecule has 0 unspecified atom stereocenters. The third-order valence-corrected chi connectivity index (χ3v) is 7.03. The van der Waals surface area contributed by atoms with Crippen LogP contribution in [-0.2, 0) is 21.6 Å². The summed E-state index contributed by atoms with van der Waals surface area (Å²) >= 11 is 0. The van der Waals surface area contributed by atoms with Crippen LogP contribution < -0.4 is 4.74 Å². The molecule has 0 amide bonds. The summed E-state index contributed by atoms with van der Waals surface area (Å²) in [6.07, 6.45) is -0.940. The highest BCUT2D eigenvalue weighted by molar-refractivity contribution is 8.06. The number of aliphatic hydroxyl groups is 1. The quantitative estimate of drug-likeness (QED) is 0.875. The monoisotopic (exact) mass is 274 g/mol. The standard InChI is InChI=1S/C11H14O4S2/c1-15-9-4-2-8(3-5-9)10(12)11-16(13)6-7-17(11)14/h2-5,10-12H,6-7H2,1H3/t10-,16+,17+/m0/s1. The predicted molar refractivity (Wildman–Crippen MR) is 67.8 cm³/mol. The molecule has 0 spiro atoms. The summed E-state index contributed by atoms with van der Waals surface area (Å²) < 4.78 is 27.7. The van der Waals surface area contributed by atoms with Crippen molar-refractivity contribution >= 4 is 21.6 Å². The Labute approximate surface area is 105 Å². The van der Waals surface area contributed by atoms with Crippen molar-refractivity contribution in [1.82, 2.24) is 0 Å². The molecule has 0 aromatic heterocycles. The van der Waals surface area contributed by atoms with E-state index in [4.69, 9.17) is 4.74 Å². The van der Waals surface area contributed by atoms with E-state index >= 15 is 0 Å². The molecule has 0 saturated carbocycles. The van der Waals surface area contributed by atoms with Crippen molar-refractivity contribution in [2.24, 2.45) is 0 Å². The molecule has 1 fully saturated rings. The number of methoxy groups -OCH3 is 1. The fraction of sp³-hybridized carbons (Fsp3) is 0.455. The van der Waals surface area contributed by atoms with E-state index in [0.717, 1.165) is 0 Å². The number of benzene rings is 1. The van der Waals surface area contributed by atoms with E-state index in [-0.39, 0.29) is 0 Å². The molecule has 1 saturated heterocycles. The lowest BCUT2D eigenvalue weighted by atomic mass is 10.1. The van der Waals surface area contributed by atoms with Crippen molar-refractivity contribution in [3.8, 4) is 5.75 Å². The van der Waals surface area contributed by atoms with E-state index in [9.17, 15) is 13.5 Å². The predicted octanol–water partition coefficient (Wildman–Crippen LogP) is 0.566. The summed E-state index contributed by atoms with van der Waals surface area (Å²) in [5.74, 6) is 1.50. The van der Waals surface area contributed by atoms with Crippen molar-refractivity contribution in [1.29, 1.82) is 0 Å². The number of aliphatic hydroxyl groups excluding tert-OH is 1. The van der Waals surface area contributed by atoms with Crippen LogP contribution in [0.15, 0.2) is 24.3 Å². The molecule has 94 valence electrons. The average molecular weight is 274 g/mol. The molecule has 1 aliphatic heterocycles. The lowest BCUT2D eigenvalue weighted by Gasteiger charge is -2.16. The first-order valence-electron chi connectivity index (χ1n) is 5.20. The first-order chi connectivity index (χ1) is 8.13. The molecule has 1 heterocycles. The summed E-state index contributed by atoms with van der Waals surface area (Å²) in [4.78, 5) is 0. The molecule has 1 aromatic rings. The maximum absolute atomic E-state index is 11.7. The van der Waals surface area contributed by atoms with E-state index in [1.165, 1.54) is 0 Å². The molecule has 1 N–H and O–H groups in total. The zero-order chi connectivity index (χ0) is 12.4. The minimum Gasteiger partial charge on any atom is -0.497 e. The zero-order valence-electron chi connectivity index (χ0n) is 9.37. The van der Waals surface area contributed by atoms with Gasteiger partial charge >= 0.3 is 0 Å². The Balaban J connectivity index is 2.21. The topological polar surface area (TPSA) is 63.6 Å². The maximum Gasteiger partial charge on any atom is 0.140 e. The summed E-state index contributed by atoms with van der Waals surface area (Å²) in [6, 6.07) is 6.85. The smallest absolute Gasteiger partial charge is 0.140 e. The Morgan fingerprint density at radius 3 is 2.24 bits per heavy atom. The van der Waals surface area contributed by atoms with E-state index in [0.29, 0.717) is 22.8 Å². The number of rotatable bonds is 3. The van der Waals surface area contributed by atoms with Gasteiger partial charge in [-0.2, -0.15) is 0 Å². The van der Waals surface area contributed by atoms with E-state index in [1.54, 1.807) is 31.4 Å². The molecule has 1 aliphatic rings. The second kappa shape index (κ2) is 5.29. The molecule has 0 bridgehead atoms. The van der Waals surface area contributed by atoms with E-state index in [1.807, 2.05) is 0 Å². The van der Waals surface area contributed by atoms with Crippen LogP contribution in [0, 0.1) is 0 Å². The summed E-state index contributed by atoms with van der Waals surface area (Å²) in [7, 11) is -0.858. The molecule has 4 nitrogen and oxygen atoms in total. The van der Waals surface area contributed by atoms with Crippen molar-refractivity contribution in [2.45, 2.75) is 10.7 Å². The Bertz CT molecular complexity index is 427. The van der Waals surface area contributed by atoms with E-state index < -0.39 is 32.3 Å². The largest absolute Gasteiger partial charge is 0.497 e. The summed E-state index contributed by atoms with van der Waals surface area (Å²) in [6.45, 7) is 0. The minimum atomic E-state index is -1.21. The van der Waals surface area contributed by atoms with Crippen molar-refractivity contribution < 1.29 is 18.3 Å². The summed E-state index contributed by atoms with van der Waals surface area (Å²) in [5.41, 5.74) is 0.624. The van der Waals surface area contributed by atoms with Gasteiger partial charge < -0.3 is 9.84 Å². The Hall–Kier alpha value is -0.720. The van der Waals surface area contributed by atoms with Gasteiger partial charge in [0.1, 0.15) is 16.4 Å². The minimum absolute atomic E-state index is 0.407. The fourth-order valence-corrected chi connectivity index (χ4v) is 5.97. The van der Waals surface area contributed by atoms with Gasteiger partial charge in [-0.3, -0.25) is 8.42 Å². The molecule has 6 heteroatoms. The van der Waals surface area contributed by atoms with Gasteiger partial charge in [-0.05, 0) is 17.7 Å². The summed E-state index contributed by atoms with van der Waals surface area (Å²) in [5, 5.41) is 10.1. The fourth-order valence-electron chi connectivity index (χ4n) is 1.76. The Morgan fingerprint density at radius 2 is 1.76 bits per heavy atom. The van der Waals surface area contributed by atoms with Gasteiger partial charge in [0.2, 0.25) is 0 Å². The van der Waals surface area contributed by atoms with Crippen molar-refractivity contribution in [3.63, 3.8) is 0 Å². The lowest BCUT2D eigenvalue weighted by Crippen LogP contribution is -2.23. The van der Waals surface area contributed by atoms with Gasteiger partial charge in [-0.1, -0.05) is 12.1 Å². The van der Waals surface area contributed by atoms with Gasteiger partial charge in [-0.25, -0.2) is 0 Å². The molecular weight excluding hydrogens is 260 g/mol. The van der Waals surface area contributed by atoms with Gasteiger partial charge in [-0.15, -0.1) is 0 Å². The third-order valence-electron chi connectivity index (χ3n) is 2.72. The highest BCUT2D eigenvalue weighted by atomic mass is 32.3. The molecule has 17 heavy (non-hydrogen) atoms. The molecular formula is C11H14O4S2. The van der Waals surface area contributed by atoms with Crippen LogP contribution in [0.1, 0.15) is 11.7 Å². The van der Waals surface area contributed by atoms with Crippen LogP contribution in [0.3, 0.4) is 0 Å². The SMILES string of the molecule is COc1ccc([C@H](O)C2[S@](=O)CC[S@]2=O)cc1. The molecule has 2 rings (SSSR count). The van der Waals surface area contributed by atoms with Crippen LogP contribution in [0.2, 0.25) is 0 Å². The van der Waals surface area contributed by atoms with Gasteiger partial charge in [0.15, 0.2) is 0 Å².